The summed E-state index contributed by atoms with van der Waals surface area (Å²) in [7, 11) is 3.61. The van der Waals surface area contributed by atoms with E-state index in [1.165, 1.54) is 19.3 Å². The molecule has 4 nitrogen and oxygen atoms in total. The van der Waals surface area contributed by atoms with E-state index in [4.69, 9.17) is 9.47 Å². The van der Waals surface area contributed by atoms with Crippen LogP contribution in [0.4, 0.5) is 0 Å². The Balaban J connectivity index is 1.67. The lowest BCUT2D eigenvalue weighted by Gasteiger charge is -2.32. The summed E-state index contributed by atoms with van der Waals surface area (Å²) in [6, 6.07) is 8.00. The molecule has 1 fully saturated rings. The van der Waals surface area contributed by atoms with Crippen LogP contribution in [-0.2, 0) is 4.79 Å². The van der Waals surface area contributed by atoms with Crippen LogP contribution in [0.25, 0.3) is 0 Å². The number of nitrogens with zero attached hydrogens (tertiary/aromatic N) is 1. The Morgan fingerprint density at radius 2 is 1.83 bits per heavy atom. The van der Waals surface area contributed by atoms with Crippen molar-refractivity contribution in [2.45, 2.75) is 50.3 Å². The van der Waals surface area contributed by atoms with Gasteiger partial charge in [-0.3, -0.25) is 4.79 Å². The number of methoxy groups -OCH3 is 1. The van der Waals surface area contributed by atoms with Gasteiger partial charge in [-0.05, 0) is 44.0 Å². The highest BCUT2D eigenvalue weighted by Gasteiger charge is 2.25. The second-order valence-electron chi connectivity index (χ2n) is 6.28. The number of hydrogen-bond donors (Lipinski definition) is 0. The Hall–Kier alpha value is -1.36. The molecular formula is C19H29NO3S. The summed E-state index contributed by atoms with van der Waals surface area (Å²) in [5.41, 5.74) is 0. The van der Waals surface area contributed by atoms with Crippen molar-refractivity contribution in [3.8, 4) is 11.5 Å². The van der Waals surface area contributed by atoms with Gasteiger partial charge in [-0.1, -0.05) is 19.3 Å². The van der Waals surface area contributed by atoms with Crippen molar-refractivity contribution in [3.63, 3.8) is 0 Å². The number of rotatable bonds is 8. The number of thioether (sulfide) groups is 1. The SMILES string of the molecule is COc1ccc(OCCSC(C)C(=O)N(C)C2CCCCC2)cc1. The fourth-order valence-corrected chi connectivity index (χ4v) is 3.90. The van der Waals surface area contributed by atoms with E-state index < -0.39 is 0 Å². The molecule has 0 N–H and O–H groups in total. The number of carbonyl (C=O) groups excluding carboxylic acids is 1. The predicted molar refractivity (Wildman–Crippen MR) is 100 cm³/mol. The second-order valence-corrected chi connectivity index (χ2v) is 7.73. The number of hydrogen-bond acceptors (Lipinski definition) is 4. The van der Waals surface area contributed by atoms with E-state index in [1.807, 2.05) is 43.1 Å². The van der Waals surface area contributed by atoms with Crippen LogP contribution in [0.1, 0.15) is 39.0 Å². The van der Waals surface area contributed by atoms with Crippen molar-refractivity contribution in [1.82, 2.24) is 4.90 Å². The molecular weight excluding hydrogens is 322 g/mol. The van der Waals surface area contributed by atoms with Gasteiger partial charge in [-0.15, -0.1) is 11.8 Å². The zero-order valence-corrected chi connectivity index (χ0v) is 15.8. The molecule has 1 amide bonds. The summed E-state index contributed by atoms with van der Waals surface area (Å²) in [6.45, 7) is 2.60. The monoisotopic (exact) mass is 351 g/mol. The number of benzene rings is 1. The van der Waals surface area contributed by atoms with Crippen LogP contribution in [0.3, 0.4) is 0 Å². The van der Waals surface area contributed by atoms with E-state index in [0.29, 0.717) is 12.6 Å². The van der Waals surface area contributed by atoms with Gasteiger partial charge in [-0.25, -0.2) is 0 Å². The molecule has 0 aromatic heterocycles. The largest absolute Gasteiger partial charge is 0.497 e. The van der Waals surface area contributed by atoms with Gasteiger partial charge < -0.3 is 14.4 Å². The van der Waals surface area contributed by atoms with Gasteiger partial charge in [0, 0.05) is 18.8 Å². The fraction of sp³-hybridized carbons (Fsp3) is 0.632. The third kappa shape index (κ3) is 5.62. The lowest BCUT2D eigenvalue weighted by molar-refractivity contribution is -0.131. The van der Waals surface area contributed by atoms with Crippen molar-refractivity contribution in [2.24, 2.45) is 0 Å². The molecule has 0 saturated heterocycles. The van der Waals surface area contributed by atoms with Gasteiger partial charge in [0.25, 0.3) is 0 Å². The fourth-order valence-electron chi connectivity index (χ4n) is 3.06. The maximum absolute atomic E-state index is 12.5. The summed E-state index contributed by atoms with van der Waals surface area (Å²) in [6.07, 6.45) is 6.12. The molecule has 0 spiro atoms. The van der Waals surface area contributed by atoms with Crippen molar-refractivity contribution in [1.29, 1.82) is 0 Å². The zero-order valence-electron chi connectivity index (χ0n) is 15.0. The minimum atomic E-state index is -0.0172. The molecule has 1 atom stereocenters. The highest BCUT2D eigenvalue weighted by molar-refractivity contribution is 8.00. The maximum atomic E-state index is 12.5. The first kappa shape index (κ1) is 19.0. The highest BCUT2D eigenvalue weighted by Crippen LogP contribution is 2.24. The van der Waals surface area contributed by atoms with Gasteiger partial charge in [0.2, 0.25) is 5.91 Å². The molecule has 0 aliphatic heterocycles. The third-order valence-corrected chi connectivity index (χ3v) is 5.70. The van der Waals surface area contributed by atoms with Crippen LogP contribution in [0.15, 0.2) is 24.3 Å². The molecule has 1 aliphatic carbocycles. The Morgan fingerprint density at radius 1 is 1.21 bits per heavy atom. The molecule has 24 heavy (non-hydrogen) atoms. The van der Waals surface area contributed by atoms with Gasteiger partial charge in [0.1, 0.15) is 11.5 Å². The predicted octanol–water partition coefficient (Wildman–Crippen LogP) is 3.99. The molecule has 1 aliphatic rings. The van der Waals surface area contributed by atoms with Crippen molar-refractivity contribution in [3.05, 3.63) is 24.3 Å². The van der Waals surface area contributed by atoms with Crippen LogP contribution in [0.2, 0.25) is 0 Å². The third-order valence-electron chi connectivity index (χ3n) is 4.60. The number of amides is 1. The smallest absolute Gasteiger partial charge is 0.235 e. The quantitative estimate of drug-likeness (QED) is 0.664. The van der Waals surface area contributed by atoms with E-state index in [9.17, 15) is 4.79 Å². The number of ether oxygens (including phenoxy) is 2. The van der Waals surface area contributed by atoms with E-state index in [1.54, 1.807) is 18.9 Å². The lowest BCUT2D eigenvalue weighted by atomic mass is 9.94. The average Bonchev–Trinajstić information content (AvgIpc) is 2.65. The Labute approximate surface area is 149 Å². The zero-order chi connectivity index (χ0) is 17.4. The van der Waals surface area contributed by atoms with Gasteiger partial charge in [0.05, 0.1) is 19.0 Å². The van der Waals surface area contributed by atoms with Crippen LogP contribution >= 0.6 is 11.8 Å². The Bertz CT molecular complexity index is 500. The molecule has 1 aromatic carbocycles. The molecule has 1 saturated carbocycles. The van der Waals surface area contributed by atoms with E-state index in [0.717, 1.165) is 30.1 Å². The highest BCUT2D eigenvalue weighted by atomic mass is 32.2. The van der Waals surface area contributed by atoms with Crippen LogP contribution in [0.5, 0.6) is 11.5 Å². The topological polar surface area (TPSA) is 38.8 Å². The first-order valence-electron chi connectivity index (χ1n) is 8.77. The summed E-state index contributed by atoms with van der Waals surface area (Å²) in [4.78, 5) is 14.5. The molecule has 5 heteroatoms. The van der Waals surface area contributed by atoms with Crippen molar-refractivity contribution in [2.75, 3.05) is 26.5 Å². The second kappa shape index (κ2) is 9.82. The van der Waals surface area contributed by atoms with Gasteiger partial charge in [0.15, 0.2) is 0 Å². The molecule has 2 rings (SSSR count). The molecule has 1 unspecified atom stereocenters. The first-order chi connectivity index (χ1) is 11.6. The van der Waals surface area contributed by atoms with Gasteiger partial charge in [-0.2, -0.15) is 0 Å². The lowest BCUT2D eigenvalue weighted by Crippen LogP contribution is -2.42. The van der Waals surface area contributed by atoms with Crippen LogP contribution in [0, 0.1) is 0 Å². The van der Waals surface area contributed by atoms with Gasteiger partial charge >= 0.3 is 0 Å². The van der Waals surface area contributed by atoms with E-state index in [2.05, 4.69) is 0 Å². The summed E-state index contributed by atoms with van der Waals surface area (Å²) < 4.78 is 10.8. The molecule has 0 radical (unpaired) electrons. The molecule has 0 heterocycles. The van der Waals surface area contributed by atoms with E-state index in [-0.39, 0.29) is 11.2 Å². The summed E-state index contributed by atoms with van der Waals surface area (Å²) in [5.74, 6) is 2.70. The van der Waals surface area contributed by atoms with Crippen molar-refractivity contribution >= 4 is 17.7 Å². The molecule has 134 valence electrons. The summed E-state index contributed by atoms with van der Waals surface area (Å²) >= 11 is 1.66. The molecule has 0 bridgehead atoms. The normalized spacial score (nSPS) is 16.5. The first-order valence-corrected chi connectivity index (χ1v) is 9.82. The van der Waals surface area contributed by atoms with Crippen LogP contribution in [-0.4, -0.2) is 48.6 Å². The Kier molecular flexibility index (Phi) is 7.76. The summed E-state index contributed by atoms with van der Waals surface area (Å²) in [5, 5.41) is -0.0172. The van der Waals surface area contributed by atoms with Crippen molar-refractivity contribution < 1.29 is 14.3 Å². The Morgan fingerprint density at radius 3 is 2.46 bits per heavy atom. The van der Waals surface area contributed by atoms with Crippen LogP contribution < -0.4 is 9.47 Å². The maximum Gasteiger partial charge on any atom is 0.235 e. The molecule has 1 aromatic rings. The number of carbonyl (C=O) groups is 1. The average molecular weight is 352 g/mol. The minimum Gasteiger partial charge on any atom is -0.497 e. The standard InChI is InChI=1S/C19H29NO3S/c1-15(19(21)20(2)16-7-5-4-6-8-16)24-14-13-23-18-11-9-17(22-3)10-12-18/h9-12,15-16H,4-8,13-14H2,1-3H3. The minimum absolute atomic E-state index is 0.0172. The van der Waals surface area contributed by atoms with E-state index >= 15 is 0 Å².